The Balaban J connectivity index is 1.68. The van der Waals surface area contributed by atoms with Crippen LogP contribution >= 0.6 is 0 Å². The standard InChI is InChI=1S/C14H20N6/c1-9-17-18-14-13(15-5-6-20(9)14)19(2)12-7-10-3-4-11(8-12)16-10/h5-6,10-12,16H,3-4,7-8H2,1-2H3. The van der Waals surface area contributed by atoms with Crippen LogP contribution in [-0.2, 0) is 0 Å². The second kappa shape index (κ2) is 4.41. The zero-order valence-electron chi connectivity index (χ0n) is 12.0. The van der Waals surface area contributed by atoms with Crippen molar-refractivity contribution in [1.29, 1.82) is 0 Å². The third-order valence-electron chi connectivity index (χ3n) is 4.81. The molecule has 106 valence electrons. The molecule has 20 heavy (non-hydrogen) atoms. The van der Waals surface area contributed by atoms with E-state index in [1.54, 1.807) is 0 Å². The summed E-state index contributed by atoms with van der Waals surface area (Å²) < 4.78 is 2.01. The first-order chi connectivity index (χ1) is 9.72. The van der Waals surface area contributed by atoms with E-state index in [-0.39, 0.29) is 0 Å². The lowest BCUT2D eigenvalue weighted by Gasteiger charge is -2.36. The molecule has 0 radical (unpaired) electrons. The summed E-state index contributed by atoms with van der Waals surface area (Å²) in [5.41, 5.74) is 0.860. The Bertz CT molecular complexity index is 624. The van der Waals surface area contributed by atoms with E-state index < -0.39 is 0 Å². The lowest BCUT2D eigenvalue weighted by Crippen LogP contribution is -2.47. The van der Waals surface area contributed by atoms with Gasteiger partial charge in [0.05, 0.1) is 0 Å². The molecule has 2 fully saturated rings. The Hall–Kier alpha value is -1.69. The topological polar surface area (TPSA) is 58.4 Å². The maximum Gasteiger partial charge on any atom is 0.203 e. The third-order valence-corrected chi connectivity index (χ3v) is 4.81. The number of aryl methyl sites for hydroxylation is 1. The molecule has 0 aliphatic carbocycles. The van der Waals surface area contributed by atoms with Crippen LogP contribution in [0.5, 0.6) is 0 Å². The highest BCUT2D eigenvalue weighted by Gasteiger charge is 2.36. The van der Waals surface area contributed by atoms with E-state index in [0.29, 0.717) is 18.1 Å². The van der Waals surface area contributed by atoms with Gasteiger partial charge in [0.1, 0.15) is 5.82 Å². The summed E-state index contributed by atoms with van der Waals surface area (Å²) in [6.45, 7) is 1.97. The fraction of sp³-hybridized carbons (Fsp3) is 0.643. The van der Waals surface area contributed by atoms with Crippen molar-refractivity contribution in [3.05, 3.63) is 18.2 Å². The molecule has 2 atom stereocenters. The lowest BCUT2D eigenvalue weighted by molar-refractivity contribution is 0.354. The number of piperidine rings is 1. The summed E-state index contributed by atoms with van der Waals surface area (Å²) in [7, 11) is 2.14. The highest BCUT2D eigenvalue weighted by atomic mass is 15.3. The number of hydrogen-bond donors (Lipinski definition) is 1. The van der Waals surface area contributed by atoms with Gasteiger partial charge in [0.25, 0.3) is 0 Å². The van der Waals surface area contributed by atoms with Crippen LogP contribution in [0.15, 0.2) is 12.4 Å². The predicted octanol–water partition coefficient (Wildman–Crippen LogP) is 1.15. The summed E-state index contributed by atoms with van der Waals surface area (Å²) in [6.07, 6.45) is 8.79. The maximum atomic E-state index is 4.55. The SMILES string of the molecule is Cc1nnc2c(N(C)C3CC4CCC(C3)N4)nccn12. The molecule has 4 heterocycles. The molecule has 2 aromatic rings. The Kier molecular flexibility index (Phi) is 2.66. The molecule has 0 amide bonds. The van der Waals surface area contributed by atoms with Crippen molar-refractivity contribution in [3.63, 3.8) is 0 Å². The number of anilines is 1. The summed E-state index contributed by atoms with van der Waals surface area (Å²) in [4.78, 5) is 6.85. The van der Waals surface area contributed by atoms with Gasteiger partial charge < -0.3 is 10.2 Å². The van der Waals surface area contributed by atoms with Crippen molar-refractivity contribution in [3.8, 4) is 0 Å². The van der Waals surface area contributed by atoms with Gasteiger partial charge in [-0.25, -0.2) is 4.98 Å². The first-order valence-corrected chi connectivity index (χ1v) is 7.37. The van der Waals surface area contributed by atoms with Crippen LogP contribution in [0.3, 0.4) is 0 Å². The number of fused-ring (bicyclic) bond motifs is 3. The summed E-state index contributed by atoms with van der Waals surface area (Å²) >= 11 is 0. The average molecular weight is 272 g/mol. The first-order valence-electron chi connectivity index (χ1n) is 7.37. The quantitative estimate of drug-likeness (QED) is 0.889. The molecule has 2 aliphatic heterocycles. The van der Waals surface area contributed by atoms with E-state index in [1.807, 2.05) is 23.7 Å². The van der Waals surface area contributed by atoms with E-state index >= 15 is 0 Å². The monoisotopic (exact) mass is 272 g/mol. The van der Waals surface area contributed by atoms with Crippen LogP contribution in [0.2, 0.25) is 0 Å². The van der Waals surface area contributed by atoms with Crippen molar-refractivity contribution in [2.45, 2.75) is 50.7 Å². The van der Waals surface area contributed by atoms with Gasteiger partial charge in [-0.2, -0.15) is 0 Å². The van der Waals surface area contributed by atoms with E-state index in [9.17, 15) is 0 Å². The molecule has 2 unspecified atom stereocenters. The molecule has 1 N–H and O–H groups in total. The molecule has 4 rings (SSSR count). The number of hydrogen-bond acceptors (Lipinski definition) is 5. The van der Waals surface area contributed by atoms with Gasteiger partial charge in [-0.05, 0) is 32.6 Å². The van der Waals surface area contributed by atoms with Gasteiger partial charge in [0.2, 0.25) is 5.65 Å². The van der Waals surface area contributed by atoms with Crippen LogP contribution in [0.4, 0.5) is 5.82 Å². The second-order valence-electron chi connectivity index (χ2n) is 6.07. The van der Waals surface area contributed by atoms with Gasteiger partial charge in [-0.1, -0.05) is 0 Å². The number of aromatic nitrogens is 4. The van der Waals surface area contributed by atoms with E-state index in [4.69, 9.17) is 0 Å². The predicted molar refractivity (Wildman–Crippen MR) is 76.9 cm³/mol. The Morgan fingerprint density at radius 3 is 2.75 bits per heavy atom. The number of nitrogens with zero attached hydrogens (tertiary/aromatic N) is 5. The third kappa shape index (κ3) is 1.78. The second-order valence-corrected chi connectivity index (χ2v) is 6.07. The van der Waals surface area contributed by atoms with Crippen molar-refractivity contribution in [1.82, 2.24) is 24.9 Å². The van der Waals surface area contributed by atoms with Crippen LogP contribution < -0.4 is 10.2 Å². The van der Waals surface area contributed by atoms with Crippen LogP contribution in [0.1, 0.15) is 31.5 Å². The minimum Gasteiger partial charge on any atom is -0.353 e. The Labute approximate surface area is 118 Å². The van der Waals surface area contributed by atoms with E-state index in [0.717, 1.165) is 17.3 Å². The normalized spacial score (nSPS) is 29.0. The van der Waals surface area contributed by atoms with Crippen LogP contribution in [0, 0.1) is 6.92 Å². The van der Waals surface area contributed by atoms with Crippen molar-refractivity contribution >= 4 is 11.5 Å². The Morgan fingerprint density at radius 1 is 1.25 bits per heavy atom. The largest absolute Gasteiger partial charge is 0.353 e. The summed E-state index contributed by atoms with van der Waals surface area (Å²) in [5.74, 6) is 1.85. The molecule has 2 aliphatic rings. The van der Waals surface area contributed by atoms with Crippen molar-refractivity contribution in [2.75, 3.05) is 11.9 Å². The molecule has 2 bridgehead atoms. The minimum absolute atomic E-state index is 0.546. The maximum absolute atomic E-state index is 4.55. The molecule has 6 nitrogen and oxygen atoms in total. The summed E-state index contributed by atoms with van der Waals surface area (Å²) in [6, 6.07) is 1.91. The van der Waals surface area contributed by atoms with Crippen LogP contribution in [0.25, 0.3) is 5.65 Å². The molecule has 2 aromatic heterocycles. The molecular formula is C14H20N6. The Morgan fingerprint density at radius 2 is 2.00 bits per heavy atom. The molecule has 0 saturated carbocycles. The molecule has 0 aromatic carbocycles. The first kappa shape index (κ1) is 12.1. The van der Waals surface area contributed by atoms with E-state index in [1.165, 1.54) is 25.7 Å². The molecule has 0 spiro atoms. The van der Waals surface area contributed by atoms with E-state index in [2.05, 4.69) is 32.4 Å². The molecule has 2 saturated heterocycles. The number of nitrogens with one attached hydrogen (secondary N) is 1. The van der Waals surface area contributed by atoms with Gasteiger partial charge in [-0.3, -0.25) is 4.40 Å². The zero-order chi connectivity index (χ0) is 13.7. The van der Waals surface area contributed by atoms with Gasteiger partial charge in [0.15, 0.2) is 5.82 Å². The average Bonchev–Trinajstić information content (AvgIpc) is 3.01. The van der Waals surface area contributed by atoms with Gasteiger partial charge in [-0.15, -0.1) is 10.2 Å². The van der Waals surface area contributed by atoms with Crippen molar-refractivity contribution in [2.24, 2.45) is 0 Å². The smallest absolute Gasteiger partial charge is 0.203 e. The van der Waals surface area contributed by atoms with Crippen molar-refractivity contribution < 1.29 is 0 Å². The highest BCUT2D eigenvalue weighted by Crippen LogP contribution is 2.31. The highest BCUT2D eigenvalue weighted by molar-refractivity contribution is 5.63. The van der Waals surface area contributed by atoms with Crippen LogP contribution in [-0.4, -0.2) is 44.8 Å². The lowest BCUT2D eigenvalue weighted by atomic mass is 9.98. The fourth-order valence-corrected chi connectivity index (χ4v) is 3.69. The molecule has 6 heteroatoms. The van der Waals surface area contributed by atoms with Gasteiger partial charge in [0, 0.05) is 37.6 Å². The van der Waals surface area contributed by atoms with Gasteiger partial charge >= 0.3 is 0 Å². The summed E-state index contributed by atoms with van der Waals surface area (Å²) in [5, 5.41) is 12.1. The minimum atomic E-state index is 0.546. The number of rotatable bonds is 2. The molecular weight excluding hydrogens is 252 g/mol. The zero-order valence-corrected chi connectivity index (χ0v) is 12.0. The fourth-order valence-electron chi connectivity index (χ4n) is 3.69.